The number of nitrogens with zero attached hydrogens (tertiary/aromatic N) is 2. The monoisotopic (exact) mass is 286 g/mol. The van der Waals surface area contributed by atoms with Gasteiger partial charge in [-0.25, -0.2) is 14.2 Å². The molecule has 0 aliphatic carbocycles. The number of carbonyl (C=O) groups excluding carboxylic acids is 1. The highest BCUT2D eigenvalue weighted by Crippen LogP contribution is 2.22. The van der Waals surface area contributed by atoms with Gasteiger partial charge in [-0.1, -0.05) is 12.1 Å². The van der Waals surface area contributed by atoms with Crippen molar-refractivity contribution in [1.29, 1.82) is 0 Å². The van der Waals surface area contributed by atoms with Gasteiger partial charge in [-0.3, -0.25) is 4.98 Å². The van der Waals surface area contributed by atoms with Gasteiger partial charge >= 0.3 is 5.97 Å². The number of hydrogen-bond donors (Lipinski definition) is 0. The van der Waals surface area contributed by atoms with Crippen molar-refractivity contribution in [3.63, 3.8) is 0 Å². The van der Waals surface area contributed by atoms with Crippen LogP contribution in [0.2, 0.25) is 0 Å². The van der Waals surface area contributed by atoms with Gasteiger partial charge in [-0.05, 0) is 25.1 Å². The number of pyridine rings is 1. The van der Waals surface area contributed by atoms with Crippen molar-refractivity contribution in [2.45, 2.75) is 13.0 Å². The lowest BCUT2D eigenvalue weighted by molar-refractivity contribution is 0.0281. The van der Waals surface area contributed by atoms with Crippen LogP contribution in [0, 0.1) is 5.82 Å². The van der Waals surface area contributed by atoms with E-state index in [1.807, 2.05) is 12.1 Å². The van der Waals surface area contributed by atoms with Gasteiger partial charge in [0.05, 0.1) is 11.8 Å². The Balaban J connectivity index is 1.79. The number of fused-ring (bicyclic) bond motifs is 1. The number of halogens is 1. The first-order valence-electron chi connectivity index (χ1n) is 6.30. The zero-order valence-corrected chi connectivity index (χ0v) is 11.1. The van der Waals surface area contributed by atoms with Crippen LogP contribution in [0.5, 0.6) is 0 Å². The van der Waals surface area contributed by atoms with Crippen LogP contribution in [-0.4, -0.2) is 15.9 Å². The number of carbonyl (C=O) groups is 1. The Morgan fingerprint density at radius 2 is 2.14 bits per heavy atom. The minimum Gasteiger partial charge on any atom is -0.449 e. The van der Waals surface area contributed by atoms with Gasteiger partial charge < -0.3 is 9.15 Å². The van der Waals surface area contributed by atoms with Crippen LogP contribution < -0.4 is 0 Å². The van der Waals surface area contributed by atoms with Crippen molar-refractivity contribution in [2.24, 2.45) is 0 Å². The van der Waals surface area contributed by atoms with Crippen LogP contribution in [0.3, 0.4) is 0 Å². The Labute approximate surface area is 119 Å². The van der Waals surface area contributed by atoms with Gasteiger partial charge in [0.2, 0.25) is 5.89 Å². The lowest BCUT2D eigenvalue weighted by Crippen LogP contribution is -2.10. The van der Waals surface area contributed by atoms with Gasteiger partial charge in [0, 0.05) is 6.20 Å². The fourth-order valence-electron chi connectivity index (χ4n) is 1.87. The van der Waals surface area contributed by atoms with Gasteiger partial charge in [0.15, 0.2) is 11.7 Å². The van der Waals surface area contributed by atoms with E-state index in [0.29, 0.717) is 11.1 Å². The number of oxazole rings is 1. The van der Waals surface area contributed by atoms with E-state index >= 15 is 0 Å². The lowest BCUT2D eigenvalue weighted by atomic mass is 10.3. The van der Waals surface area contributed by atoms with Crippen LogP contribution in [0.4, 0.5) is 4.39 Å². The van der Waals surface area contributed by atoms with Crippen LogP contribution in [-0.2, 0) is 4.74 Å². The molecule has 5 nitrogen and oxygen atoms in total. The summed E-state index contributed by atoms with van der Waals surface area (Å²) in [5.41, 5.74) is 1.34. The molecule has 3 rings (SSSR count). The molecule has 1 aromatic carbocycles. The first-order valence-corrected chi connectivity index (χ1v) is 6.30. The van der Waals surface area contributed by atoms with E-state index in [4.69, 9.17) is 9.15 Å². The van der Waals surface area contributed by atoms with Crippen molar-refractivity contribution in [2.75, 3.05) is 0 Å². The molecule has 3 aromatic rings. The fraction of sp³-hybridized carbons (Fsp3) is 0.133. The Bertz CT molecular complexity index is 767. The molecule has 21 heavy (non-hydrogen) atoms. The summed E-state index contributed by atoms with van der Waals surface area (Å²) in [5, 5.41) is 0. The number of benzene rings is 1. The summed E-state index contributed by atoms with van der Waals surface area (Å²) in [6.45, 7) is 1.63. The summed E-state index contributed by atoms with van der Waals surface area (Å²) < 4.78 is 23.7. The average molecular weight is 286 g/mol. The maximum absolute atomic E-state index is 13.0. The summed E-state index contributed by atoms with van der Waals surface area (Å²) in [6, 6.07) is 8.30. The lowest BCUT2D eigenvalue weighted by Gasteiger charge is -2.09. The number of aromatic nitrogens is 2. The zero-order valence-electron chi connectivity index (χ0n) is 11.1. The molecule has 0 N–H and O–H groups in total. The number of ether oxygens (including phenoxy) is 1. The topological polar surface area (TPSA) is 65.2 Å². The molecule has 0 aliphatic rings. The Morgan fingerprint density at radius 1 is 1.33 bits per heavy atom. The standard InChI is InChI=1S/C15H11FN2O3/c1-9(14-18-12-4-2-3-5-13(12)21-14)20-15(19)10-6-11(16)8-17-7-10/h2-9H,1H3/t9-/m0/s1. The molecule has 6 heteroatoms. The second-order valence-corrected chi connectivity index (χ2v) is 4.46. The number of hydrogen-bond acceptors (Lipinski definition) is 5. The van der Waals surface area contributed by atoms with Crippen molar-refractivity contribution in [3.05, 3.63) is 60.0 Å². The quantitative estimate of drug-likeness (QED) is 0.691. The third kappa shape index (κ3) is 2.74. The second-order valence-electron chi connectivity index (χ2n) is 4.46. The van der Waals surface area contributed by atoms with Crippen molar-refractivity contribution >= 4 is 17.1 Å². The number of esters is 1. The largest absolute Gasteiger partial charge is 0.449 e. The normalized spacial score (nSPS) is 12.3. The third-order valence-electron chi connectivity index (χ3n) is 2.88. The molecule has 0 radical (unpaired) electrons. The summed E-state index contributed by atoms with van der Waals surface area (Å²) >= 11 is 0. The van der Waals surface area contributed by atoms with Crippen molar-refractivity contribution < 1.29 is 18.3 Å². The molecule has 0 amide bonds. The SMILES string of the molecule is C[C@H](OC(=O)c1cncc(F)c1)c1nc2ccccc2o1. The smallest absolute Gasteiger partial charge is 0.340 e. The molecular weight excluding hydrogens is 275 g/mol. The summed E-state index contributed by atoms with van der Waals surface area (Å²) in [7, 11) is 0. The second kappa shape index (κ2) is 5.32. The van der Waals surface area contributed by atoms with Gasteiger partial charge in [0.25, 0.3) is 0 Å². The molecule has 0 aliphatic heterocycles. The van der Waals surface area contributed by atoms with Gasteiger partial charge in [0.1, 0.15) is 11.3 Å². The Kier molecular flexibility index (Phi) is 3.35. The molecule has 0 saturated heterocycles. The van der Waals surface area contributed by atoms with Crippen LogP contribution in [0.25, 0.3) is 11.1 Å². The molecular formula is C15H11FN2O3. The van der Waals surface area contributed by atoms with Gasteiger partial charge in [-0.2, -0.15) is 0 Å². The van der Waals surface area contributed by atoms with E-state index in [-0.39, 0.29) is 11.5 Å². The number of para-hydroxylation sites is 2. The molecule has 0 fully saturated rings. The highest BCUT2D eigenvalue weighted by atomic mass is 19.1. The maximum atomic E-state index is 13.0. The average Bonchev–Trinajstić information content (AvgIpc) is 2.91. The summed E-state index contributed by atoms with van der Waals surface area (Å²) in [4.78, 5) is 19.7. The van der Waals surface area contributed by atoms with Gasteiger partial charge in [-0.15, -0.1) is 0 Å². The maximum Gasteiger partial charge on any atom is 0.340 e. The highest BCUT2D eigenvalue weighted by molar-refractivity contribution is 5.89. The fourth-order valence-corrected chi connectivity index (χ4v) is 1.87. The van der Waals surface area contributed by atoms with Crippen LogP contribution >= 0.6 is 0 Å². The predicted octanol–water partition coefficient (Wildman–Crippen LogP) is 3.28. The molecule has 0 saturated carbocycles. The molecule has 2 heterocycles. The minimum absolute atomic E-state index is 0.0398. The van der Waals surface area contributed by atoms with E-state index in [2.05, 4.69) is 9.97 Å². The minimum atomic E-state index is -0.687. The molecule has 0 bridgehead atoms. The molecule has 1 atom stereocenters. The van der Waals surface area contributed by atoms with Crippen LogP contribution in [0.15, 0.2) is 47.1 Å². The third-order valence-corrected chi connectivity index (χ3v) is 2.88. The molecule has 0 unspecified atom stereocenters. The first kappa shape index (κ1) is 13.2. The van der Waals surface area contributed by atoms with Crippen molar-refractivity contribution in [1.82, 2.24) is 9.97 Å². The van der Waals surface area contributed by atoms with Crippen molar-refractivity contribution in [3.8, 4) is 0 Å². The highest BCUT2D eigenvalue weighted by Gasteiger charge is 2.19. The predicted molar refractivity (Wildman–Crippen MR) is 72.0 cm³/mol. The zero-order chi connectivity index (χ0) is 14.8. The molecule has 2 aromatic heterocycles. The first-order chi connectivity index (χ1) is 10.1. The van der Waals surface area contributed by atoms with E-state index in [9.17, 15) is 9.18 Å². The van der Waals surface area contributed by atoms with Crippen LogP contribution in [0.1, 0.15) is 29.3 Å². The number of rotatable bonds is 3. The summed E-state index contributed by atoms with van der Waals surface area (Å²) in [6.07, 6.45) is 1.57. The summed E-state index contributed by atoms with van der Waals surface area (Å²) in [5.74, 6) is -0.996. The Morgan fingerprint density at radius 3 is 2.90 bits per heavy atom. The van der Waals surface area contributed by atoms with E-state index in [0.717, 1.165) is 12.3 Å². The molecule has 106 valence electrons. The molecule has 0 spiro atoms. The Hall–Kier alpha value is -2.76. The van der Waals surface area contributed by atoms with E-state index < -0.39 is 17.9 Å². The van der Waals surface area contributed by atoms with E-state index in [1.54, 1.807) is 19.1 Å². The van der Waals surface area contributed by atoms with E-state index in [1.165, 1.54) is 6.20 Å².